The molecule has 0 aliphatic heterocycles. The summed E-state index contributed by atoms with van der Waals surface area (Å²) >= 11 is 0. The second-order valence-electron chi connectivity index (χ2n) is 6.31. The molecule has 25 heavy (non-hydrogen) atoms. The van der Waals surface area contributed by atoms with Gasteiger partial charge in [-0.2, -0.15) is 0 Å². The topological polar surface area (TPSA) is 34.9 Å². The van der Waals surface area contributed by atoms with Crippen LogP contribution in [0.25, 0.3) is 0 Å². The number of rotatable bonds is 5. The molecule has 0 bridgehead atoms. The number of halogens is 1. The summed E-state index contributed by atoms with van der Waals surface area (Å²) in [5.74, 6) is -0.228. The van der Waals surface area contributed by atoms with Gasteiger partial charge in [-0.25, -0.2) is 4.39 Å². The summed E-state index contributed by atoms with van der Waals surface area (Å²) in [6.45, 7) is 4.36. The van der Waals surface area contributed by atoms with Crippen molar-refractivity contribution in [1.82, 2.24) is 9.55 Å². The minimum absolute atomic E-state index is 0.0398. The van der Waals surface area contributed by atoms with Crippen LogP contribution in [0.15, 0.2) is 59.7 Å². The average Bonchev–Trinajstić information content (AvgIpc) is 2.63. The highest BCUT2D eigenvalue weighted by atomic mass is 19.1. The second kappa shape index (κ2) is 7.43. The number of nitrogens with zero attached hydrogens (tertiary/aromatic N) is 2. The average molecular weight is 336 g/mol. The zero-order chi connectivity index (χ0) is 17.8. The van der Waals surface area contributed by atoms with E-state index in [4.69, 9.17) is 0 Å². The second-order valence-corrected chi connectivity index (χ2v) is 6.31. The lowest BCUT2D eigenvalue weighted by atomic mass is 10.0. The van der Waals surface area contributed by atoms with Crippen LogP contribution in [-0.4, -0.2) is 9.55 Å². The zero-order valence-electron chi connectivity index (χ0n) is 14.5. The largest absolute Gasteiger partial charge is 0.308 e. The van der Waals surface area contributed by atoms with E-state index in [0.717, 1.165) is 40.8 Å². The zero-order valence-corrected chi connectivity index (χ0v) is 14.5. The Morgan fingerprint density at radius 3 is 2.48 bits per heavy atom. The standard InChI is InChI=1S/C21H21FN2O/c1-15-12-19(8-5-17-6-9-20(22)10-7-17)16(2)21(25)24(15)14-18-4-3-11-23-13-18/h3-4,6-7,9-13H,5,8,14H2,1-2H3. The van der Waals surface area contributed by atoms with Crippen LogP contribution in [0.2, 0.25) is 0 Å². The first-order valence-electron chi connectivity index (χ1n) is 8.38. The van der Waals surface area contributed by atoms with Gasteiger partial charge in [0.2, 0.25) is 0 Å². The van der Waals surface area contributed by atoms with Crippen LogP contribution in [-0.2, 0) is 19.4 Å². The molecule has 0 saturated carbocycles. The number of hydrogen-bond donors (Lipinski definition) is 0. The van der Waals surface area contributed by atoms with Gasteiger partial charge in [0.05, 0.1) is 6.54 Å². The summed E-state index contributed by atoms with van der Waals surface area (Å²) in [6, 6.07) is 12.5. The summed E-state index contributed by atoms with van der Waals surface area (Å²) in [4.78, 5) is 16.9. The first-order valence-corrected chi connectivity index (χ1v) is 8.38. The molecular formula is C21H21FN2O. The molecule has 0 aliphatic rings. The van der Waals surface area contributed by atoms with E-state index in [0.29, 0.717) is 6.54 Å². The van der Waals surface area contributed by atoms with Crippen LogP contribution in [0.4, 0.5) is 4.39 Å². The summed E-state index contributed by atoms with van der Waals surface area (Å²) < 4.78 is 14.8. The van der Waals surface area contributed by atoms with Crippen LogP contribution in [0, 0.1) is 19.7 Å². The van der Waals surface area contributed by atoms with Gasteiger partial charge in [-0.1, -0.05) is 18.2 Å². The fourth-order valence-electron chi connectivity index (χ4n) is 3.00. The maximum absolute atomic E-state index is 13.0. The van der Waals surface area contributed by atoms with Crippen LogP contribution in [0.5, 0.6) is 0 Å². The van der Waals surface area contributed by atoms with Gasteiger partial charge in [0, 0.05) is 23.7 Å². The molecule has 3 nitrogen and oxygen atoms in total. The van der Waals surface area contributed by atoms with Gasteiger partial charge in [0.25, 0.3) is 5.56 Å². The van der Waals surface area contributed by atoms with Crippen LogP contribution < -0.4 is 5.56 Å². The van der Waals surface area contributed by atoms with Crippen LogP contribution in [0.1, 0.15) is 27.9 Å². The maximum Gasteiger partial charge on any atom is 0.254 e. The Bertz CT molecular complexity index is 915. The fourth-order valence-corrected chi connectivity index (χ4v) is 3.00. The van der Waals surface area contributed by atoms with Gasteiger partial charge in [0.1, 0.15) is 5.82 Å². The van der Waals surface area contributed by atoms with Gasteiger partial charge in [-0.3, -0.25) is 9.78 Å². The van der Waals surface area contributed by atoms with E-state index < -0.39 is 0 Å². The molecule has 0 radical (unpaired) electrons. The van der Waals surface area contributed by atoms with E-state index in [1.54, 1.807) is 29.1 Å². The summed E-state index contributed by atoms with van der Waals surface area (Å²) in [7, 11) is 0. The molecule has 0 unspecified atom stereocenters. The highest BCUT2D eigenvalue weighted by molar-refractivity contribution is 5.29. The summed E-state index contributed by atoms with van der Waals surface area (Å²) in [5.41, 5.74) is 4.88. The number of benzene rings is 1. The lowest BCUT2D eigenvalue weighted by Crippen LogP contribution is -2.26. The predicted octanol–water partition coefficient (Wildman–Crippen LogP) is 3.83. The normalized spacial score (nSPS) is 10.8. The Kier molecular flexibility index (Phi) is 5.08. The minimum Gasteiger partial charge on any atom is -0.308 e. The molecule has 0 aliphatic carbocycles. The van der Waals surface area contributed by atoms with Crippen molar-refractivity contribution in [3.63, 3.8) is 0 Å². The smallest absolute Gasteiger partial charge is 0.254 e. The highest BCUT2D eigenvalue weighted by Gasteiger charge is 2.10. The summed E-state index contributed by atoms with van der Waals surface area (Å²) in [5, 5.41) is 0. The number of pyridine rings is 2. The molecule has 4 heteroatoms. The molecule has 1 aromatic carbocycles. The third-order valence-corrected chi connectivity index (χ3v) is 4.52. The molecule has 3 rings (SSSR count). The molecule has 3 aromatic rings. The lowest BCUT2D eigenvalue weighted by Gasteiger charge is -2.14. The fraction of sp³-hybridized carbons (Fsp3) is 0.238. The lowest BCUT2D eigenvalue weighted by molar-refractivity contribution is 0.627. The highest BCUT2D eigenvalue weighted by Crippen LogP contribution is 2.13. The van der Waals surface area contributed by atoms with Gasteiger partial charge >= 0.3 is 0 Å². The predicted molar refractivity (Wildman–Crippen MR) is 97.3 cm³/mol. The molecule has 0 saturated heterocycles. The Morgan fingerprint density at radius 2 is 1.80 bits per heavy atom. The first kappa shape index (κ1) is 17.1. The summed E-state index contributed by atoms with van der Waals surface area (Å²) in [6.07, 6.45) is 5.06. The first-order chi connectivity index (χ1) is 12.0. The Labute approximate surface area is 146 Å². The molecule has 0 N–H and O–H groups in total. The Hall–Kier alpha value is -2.75. The van der Waals surface area contributed by atoms with Gasteiger partial charge in [0.15, 0.2) is 0 Å². The quantitative estimate of drug-likeness (QED) is 0.710. The van der Waals surface area contributed by atoms with E-state index >= 15 is 0 Å². The van der Waals surface area contributed by atoms with Crippen LogP contribution >= 0.6 is 0 Å². The SMILES string of the molecule is Cc1c(CCc2ccc(F)cc2)cc(C)n(Cc2cccnc2)c1=O. The number of aryl methyl sites for hydroxylation is 3. The van der Waals surface area contributed by atoms with Crippen molar-refractivity contribution in [1.29, 1.82) is 0 Å². The van der Waals surface area contributed by atoms with Gasteiger partial charge < -0.3 is 4.57 Å². The monoisotopic (exact) mass is 336 g/mol. The van der Waals surface area contributed by atoms with Crippen molar-refractivity contribution < 1.29 is 4.39 Å². The maximum atomic E-state index is 13.0. The van der Waals surface area contributed by atoms with Crippen molar-refractivity contribution >= 4 is 0 Å². The van der Waals surface area contributed by atoms with Crippen LogP contribution in [0.3, 0.4) is 0 Å². The van der Waals surface area contributed by atoms with Crippen molar-refractivity contribution in [3.05, 3.63) is 99.0 Å². The Balaban J connectivity index is 1.82. The number of aromatic nitrogens is 2. The molecule has 2 aromatic heterocycles. The van der Waals surface area contributed by atoms with Crippen molar-refractivity contribution in [2.24, 2.45) is 0 Å². The van der Waals surface area contributed by atoms with E-state index in [9.17, 15) is 9.18 Å². The molecule has 0 fully saturated rings. The van der Waals surface area contributed by atoms with E-state index in [1.807, 2.05) is 26.0 Å². The molecular weight excluding hydrogens is 315 g/mol. The minimum atomic E-state index is -0.228. The third kappa shape index (κ3) is 4.02. The van der Waals surface area contributed by atoms with Gasteiger partial charge in [-0.05, 0) is 67.6 Å². The molecule has 0 atom stereocenters. The molecule has 2 heterocycles. The molecule has 128 valence electrons. The van der Waals surface area contributed by atoms with Gasteiger partial charge in [-0.15, -0.1) is 0 Å². The van der Waals surface area contributed by atoms with Crippen molar-refractivity contribution in [2.45, 2.75) is 33.2 Å². The number of hydrogen-bond acceptors (Lipinski definition) is 2. The Morgan fingerprint density at radius 1 is 1.04 bits per heavy atom. The molecule has 0 amide bonds. The molecule has 0 spiro atoms. The van der Waals surface area contributed by atoms with Crippen molar-refractivity contribution in [3.8, 4) is 0 Å². The van der Waals surface area contributed by atoms with Crippen molar-refractivity contribution in [2.75, 3.05) is 0 Å². The van der Waals surface area contributed by atoms with E-state index in [1.165, 1.54) is 12.1 Å². The van der Waals surface area contributed by atoms with E-state index in [2.05, 4.69) is 11.1 Å². The van der Waals surface area contributed by atoms with E-state index in [-0.39, 0.29) is 11.4 Å². The third-order valence-electron chi connectivity index (χ3n) is 4.52.